The summed E-state index contributed by atoms with van der Waals surface area (Å²) >= 11 is 0. The fourth-order valence-electron chi connectivity index (χ4n) is 2.13. The van der Waals surface area contributed by atoms with E-state index in [2.05, 4.69) is 0 Å². The molecule has 112 valence electrons. The molecule has 1 saturated heterocycles. The average molecular weight is 304 g/mol. The van der Waals surface area contributed by atoms with Crippen molar-refractivity contribution >= 4 is 12.7 Å². The van der Waals surface area contributed by atoms with Crippen LogP contribution in [0.4, 0.5) is 0 Å². The van der Waals surface area contributed by atoms with Crippen molar-refractivity contribution in [3.8, 4) is 0 Å². The van der Waals surface area contributed by atoms with E-state index >= 15 is 0 Å². The summed E-state index contributed by atoms with van der Waals surface area (Å²) in [6.45, 7) is -0.737. The molecule has 5 N–H and O–H groups in total. The lowest BCUT2D eigenvalue weighted by molar-refractivity contribution is -0.139. The van der Waals surface area contributed by atoms with Crippen LogP contribution in [-0.2, 0) is 9.09 Å². The van der Waals surface area contributed by atoms with Gasteiger partial charge in [-0.3, -0.25) is 4.57 Å². The Kier molecular flexibility index (Phi) is 4.61. The predicted molar refractivity (Wildman–Crippen MR) is 69.7 cm³/mol. The molecular formula is C12H17O7P. The van der Waals surface area contributed by atoms with Crippen molar-refractivity contribution in [2.45, 2.75) is 30.3 Å². The standard InChI is InChI=1S/C12H17O7P/c13-6-8(14)11-9(15)10(16)12(17)20(18,19-11)7-4-2-1-3-5-7/h1-5,8-17H,6H2/t8-,9-,10+,11-,12-,20-/m1/s1. The normalized spacial score (nSPS) is 39.5. The highest BCUT2D eigenvalue weighted by Crippen LogP contribution is 2.56. The Morgan fingerprint density at radius 2 is 1.75 bits per heavy atom. The summed E-state index contributed by atoms with van der Waals surface area (Å²) in [5, 5.41) is 48.2. The fourth-order valence-corrected chi connectivity index (χ4v) is 4.47. The van der Waals surface area contributed by atoms with Gasteiger partial charge in [-0.15, -0.1) is 0 Å². The lowest BCUT2D eigenvalue weighted by Crippen LogP contribution is -2.56. The van der Waals surface area contributed by atoms with Gasteiger partial charge >= 0.3 is 0 Å². The van der Waals surface area contributed by atoms with Gasteiger partial charge in [0, 0.05) is 5.30 Å². The topological polar surface area (TPSA) is 127 Å². The molecule has 7 nitrogen and oxygen atoms in total. The van der Waals surface area contributed by atoms with E-state index in [1.54, 1.807) is 18.2 Å². The molecule has 6 atom stereocenters. The Morgan fingerprint density at radius 3 is 2.30 bits per heavy atom. The molecule has 1 aromatic carbocycles. The van der Waals surface area contributed by atoms with Gasteiger partial charge in [0.05, 0.1) is 6.61 Å². The second kappa shape index (κ2) is 5.91. The highest BCUT2D eigenvalue weighted by molar-refractivity contribution is 7.67. The molecule has 0 bridgehead atoms. The molecule has 0 radical (unpaired) electrons. The van der Waals surface area contributed by atoms with Crippen molar-refractivity contribution in [1.29, 1.82) is 0 Å². The van der Waals surface area contributed by atoms with Gasteiger partial charge in [0.2, 0.25) is 0 Å². The highest BCUT2D eigenvalue weighted by Gasteiger charge is 2.53. The maximum atomic E-state index is 12.8. The molecule has 0 unspecified atom stereocenters. The first kappa shape index (κ1) is 15.6. The highest BCUT2D eigenvalue weighted by atomic mass is 31.2. The van der Waals surface area contributed by atoms with E-state index in [1.165, 1.54) is 12.1 Å². The van der Waals surface area contributed by atoms with Crippen molar-refractivity contribution in [3.05, 3.63) is 30.3 Å². The van der Waals surface area contributed by atoms with Gasteiger partial charge in [-0.25, -0.2) is 0 Å². The maximum Gasteiger partial charge on any atom is 0.262 e. The smallest absolute Gasteiger partial charge is 0.262 e. The summed E-state index contributed by atoms with van der Waals surface area (Å²) in [5.41, 5.74) is 0. The quantitative estimate of drug-likeness (QED) is 0.425. The van der Waals surface area contributed by atoms with E-state index in [0.717, 1.165) is 0 Å². The number of hydrogen-bond donors (Lipinski definition) is 5. The van der Waals surface area contributed by atoms with Crippen molar-refractivity contribution in [2.75, 3.05) is 6.61 Å². The molecule has 1 heterocycles. The third-order valence-corrected chi connectivity index (χ3v) is 5.88. The summed E-state index contributed by atoms with van der Waals surface area (Å²) in [5.74, 6) is -1.80. The van der Waals surface area contributed by atoms with Crippen LogP contribution < -0.4 is 5.30 Å². The Bertz CT molecular complexity index is 494. The largest absolute Gasteiger partial charge is 0.394 e. The summed E-state index contributed by atoms with van der Waals surface area (Å²) in [4.78, 5) is 0. The number of aliphatic hydroxyl groups is 5. The molecule has 1 aliphatic rings. The summed E-state index contributed by atoms with van der Waals surface area (Å²) in [6.07, 6.45) is -6.38. The van der Waals surface area contributed by atoms with Gasteiger partial charge in [-0.05, 0) is 12.1 Å². The van der Waals surface area contributed by atoms with Gasteiger partial charge in [-0.2, -0.15) is 0 Å². The molecule has 2 rings (SSSR count). The maximum absolute atomic E-state index is 12.8. The van der Waals surface area contributed by atoms with Crippen molar-refractivity contribution in [2.24, 2.45) is 0 Å². The van der Waals surface area contributed by atoms with Gasteiger partial charge < -0.3 is 30.1 Å². The minimum atomic E-state index is -3.90. The first-order valence-corrected chi connectivity index (χ1v) is 7.78. The third kappa shape index (κ3) is 2.54. The molecule has 1 fully saturated rings. The second-order valence-corrected chi connectivity index (χ2v) is 7.10. The van der Waals surface area contributed by atoms with E-state index in [9.17, 15) is 25.0 Å². The van der Waals surface area contributed by atoms with E-state index in [-0.39, 0.29) is 5.30 Å². The van der Waals surface area contributed by atoms with Crippen LogP contribution in [0.1, 0.15) is 0 Å². The number of benzene rings is 1. The van der Waals surface area contributed by atoms with Crippen LogP contribution in [0.2, 0.25) is 0 Å². The Hall–Kier alpha value is -0.790. The lowest BCUT2D eigenvalue weighted by atomic mass is 10.0. The van der Waals surface area contributed by atoms with E-state index in [0.29, 0.717) is 0 Å². The number of hydrogen-bond acceptors (Lipinski definition) is 7. The number of aliphatic hydroxyl groups excluding tert-OH is 5. The predicted octanol–water partition coefficient (Wildman–Crippen LogP) is -1.62. The van der Waals surface area contributed by atoms with E-state index < -0.39 is 44.2 Å². The van der Waals surface area contributed by atoms with Crippen molar-refractivity contribution in [1.82, 2.24) is 0 Å². The summed E-state index contributed by atoms with van der Waals surface area (Å²) < 4.78 is 18.0. The van der Waals surface area contributed by atoms with Crippen LogP contribution in [-0.4, -0.2) is 62.4 Å². The minimum Gasteiger partial charge on any atom is -0.394 e. The monoisotopic (exact) mass is 304 g/mol. The Labute approximate surface area is 115 Å². The van der Waals surface area contributed by atoms with Gasteiger partial charge in [0.1, 0.15) is 24.4 Å². The third-order valence-electron chi connectivity index (χ3n) is 3.30. The first-order chi connectivity index (χ1) is 9.41. The van der Waals surface area contributed by atoms with Crippen LogP contribution in [0.5, 0.6) is 0 Å². The number of rotatable bonds is 3. The van der Waals surface area contributed by atoms with Crippen molar-refractivity contribution in [3.63, 3.8) is 0 Å². The first-order valence-electron chi connectivity index (χ1n) is 6.08. The minimum absolute atomic E-state index is 0.161. The molecule has 0 aromatic heterocycles. The fraction of sp³-hybridized carbons (Fsp3) is 0.500. The van der Waals surface area contributed by atoms with Crippen LogP contribution in [0.25, 0.3) is 0 Å². The van der Waals surface area contributed by atoms with Crippen LogP contribution >= 0.6 is 7.37 Å². The molecule has 0 aliphatic carbocycles. The summed E-state index contributed by atoms with van der Waals surface area (Å²) in [7, 11) is -3.90. The zero-order chi connectivity index (χ0) is 14.9. The molecule has 1 aliphatic heterocycles. The zero-order valence-electron chi connectivity index (χ0n) is 10.5. The Balaban J connectivity index is 2.40. The summed E-state index contributed by atoms with van der Waals surface area (Å²) in [6, 6.07) is 7.75. The molecule has 0 spiro atoms. The molecule has 0 amide bonds. The molecule has 8 heteroatoms. The lowest BCUT2D eigenvalue weighted by Gasteiger charge is -2.41. The van der Waals surface area contributed by atoms with Crippen molar-refractivity contribution < 1.29 is 34.6 Å². The SMILES string of the molecule is O=[P@]1(c2ccccc2)O[C@H]([C@H](O)CO)[C@H](O)[C@H](O)[C@@H]1O. The van der Waals surface area contributed by atoms with Gasteiger partial charge in [0.15, 0.2) is 5.85 Å². The van der Waals surface area contributed by atoms with Gasteiger partial charge in [-0.1, -0.05) is 18.2 Å². The molecule has 0 saturated carbocycles. The van der Waals surface area contributed by atoms with E-state index in [1.807, 2.05) is 0 Å². The zero-order valence-corrected chi connectivity index (χ0v) is 11.4. The molecular weight excluding hydrogens is 287 g/mol. The molecule has 1 aromatic rings. The van der Waals surface area contributed by atoms with Gasteiger partial charge in [0.25, 0.3) is 7.37 Å². The van der Waals surface area contributed by atoms with E-state index in [4.69, 9.17) is 9.63 Å². The Morgan fingerprint density at radius 1 is 1.15 bits per heavy atom. The molecule has 20 heavy (non-hydrogen) atoms. The second-order valence-electron chi connectivity index (χ2n) is 4.65. The van der Waals surface area contributed by atoms with Crippen LogP contribution in [0.15, 0.2) is 30.3 Å². The van der Waals surface area contributed by atoms with Crippen LogP contribution in [0.3, 0.4) is 0 Å². The average Bonchev–Trinajstić information content (AvgIpc) is 2.49. The van der Waals surface area contributed by atoms with Crippen LogP contribution in [0, 0.1) is 0 Å².